The summed E-state index contributed by atoms with van der Waals surface area (Å²) in [4.78, 5) is 0. The van der Waals surface area contributed by atoms with E-state index < -0.39 is 0 Å². The van der Waals surface area contributed by atoms with Gasteiger partial charge in [0, 0.05) is 12.1 Å². The van der Waals surface area contributed by atoms with Gasteiger partial charge in [-0.15, -0.1) is 0 Å². The molecule has 2 heteroatoms. The Morgan fingerprint density at radius 2 is 1.25 bits per heavy atom. The maximum absolute atomic E-state index is 5.49. The van der Waals surface area contributed by atoms with Crippen LogP contribution in [0, 0.1) is 0 Å². The van der Waals surface area contributed by atoms with Crippen molar-refractivity contribution >= 4 is 0 Å². The molecule has 8 heavy (non-hydrogen) atoms. The number of nitrogens with two attached hydrogens (primary N) is 2. The van der Waals surface area contributed by atoms with Crippen LogP contribution in [0.4, 0.5) is 0 Å². The lowest BCUT2D eigenvalue weighted by molar-refractivity contribution is 0.564. The van der Waals surface area contributed by atoms with Crippen molar-refractivity contribution in [2.75, 3.05) is 0 Å². The quantitative estimate of drug-likeness (QED) is 0.563. The third-order valence-electron chi connectivity index (χ3n) is 1.08. The van der Waals surface area contributed by atoms with Crippen molar-refractivity contribution in [3.8, 4) is 0 Å². The molecule has 0 rings (SSSR count). The van der Waals surface area contributed by atoms with Crippen LogP contribution in [0.3, 0.4) is 0 Å². The highest BCUT2D eigenvalue weighted by atomic mass is 14.6. The normalized spacial score (nSPS) is 18.0. The molecule has 0 aromatic heterocycles. The topological polar surface area (TPSA) is 52.0 Å². The van der Waals surface area contributed by atoms with Gasteiger partial charge >= 0.3 is 0 Å². The summed E-state index contributed by atoms with van der Waals surface area (Å²) in [6, 6.07) is 0.613. The molecule has 0 amide bonds. The van der Waals surface area contributed by atoms with Crippen molar-refractivity contribution in [1.82, 2.24) is 0 Å². The fourth-order valence-corrected chi connectivity index (χ4v) is 0.526. The average molecular weight is 116 g/mol. The van der Waals surface area contributed by atoms with Crippen LogP contribution in [0.25, 0.3) is 0 Å². The summed E-state index contributed by atoms with van der Waals surface area (Å²) in [5.41, 5.74) is 11.0. The van der Waals surface area contributed by atoms with Crippen molar-refractivity contribution in [3.63, 3.8) is 0 Å². The molecule has 2 nitrogen and oxygen atoms in total. The molecule has 0 saturated carbocycles. The highest BCUT2D eigenvalue weighted by molar-refractivity contribution is 4.58. The summed E-state index contributed by atoms with van der Waals surface area (Å²) in [7, 11) is 0. The first-order valence-electron chi connectivity index (χ1n) is 3.14. The van der Waals surface area contributed by atoms with Gasteiger partial charge in [0.2, 0.25) is 0 Å². The minimum absolute atomic E-state index is 0.306. The fourth-order valence-electron chi connectivity index (χ4n) is 0.526. The Balaban J connectivity index is 2.93. The van der Waals surface area contributed by atoms with Crippen LogP contribution in [-0.2, 0) is 0 Å². The van der Waals surface area contributed by atoms with Gasteiger partial charge in [-0.3, -0.25) is 0 Å². The lowest BCUT2D eigenvalue weighted by Crippen LogP contribution is -2.21. The van der Waals surface area contributed by atoms with Gasteiger partial charge in [-0.1, -0.05) is 0 Å². The van der Waals surface area contributed by atoms with Gasteiger partial charge in [0.15, 0.2) is 0 Å². The number of rotatable bonds is 3. The van der Waals surface area contributed by atoms with Crippen LogP contribution < -0.4 is 11.5 Å². The molecule has 0 aromatic rings. The van der Waals surface area contributed by atoms with E-state index in [1.54, 1.807) is 0 Å². The van der Waals surface area contributed by atoms with Crippen molar-refractivity contribution in [3.05, 3.63) is 0 Å². The van der Waals surface area contributed by atoms with Crippen LogP contribution in [0.2, 0.25) is 0 Å². The van der Waals surface area contributed by atoms with E-state index in [4.69, 9.17) is 11.5 Å². The first-order chi connectivity index (χ1) is 3.63. The minimum atomic E-state index is 0.306. The molecule has 0 spiro atoms. The highest BCUT2D eigenvalue weighted by Gasteiger charge is 1.96. The van der Waals surface area contributed by atoms with Crippen molar-refractivity contribution in [2.24, 2.45) is 11.5 Å². The lowest BCUT2D eigenvalue weighted by Gasteiger charge is -2.06. The van der Waals surface area contributed by atoms with Crippen LogP contribution in [0.15, 0.2) is 0 Å². The maximum atomic E-state index is 5.49. The Kier molecular flexibility index (Phi) is 3.83. The molecule has 0 radical (unpaired) electrons. The van der Waals surface area contributed by atoms with Gasteiger partial charge in [-0.05, 0) is 26.7 Å². The summed E-state index contributed by atoms with van der Waals surface area (Å²) in [5.74, 6) is 0. The Bertz CT molecular complexity index is 42.5. The van der Waals surface area contributed by atoms with Crippen molar-refractivity contribution in [2.45, 2.75) is 38.8 Å². The van der Waals surface area contributed by atoms with Crippen LogP contribution in [0.5, 0.6) is 0 Å². The fraction of sp³-hybridized carbons (Fsp3) is 1.00. The SMILES string of the molecule is CC(N)CCC(C)N. The number of hydrogen-bond acceptors (Lipinski definition) is 2. The molecule has 0 aliphatic rings. The smallest absolute Gasteiger partial charge is 0.00110 e. The number of hydrogen-bond donors (Lipinski definition) is 2. The molecule has 0 bridgehead atoms. The monoisotopic (exact) mass is 116 g/mol. The van der Waals surface area contributed by atoms with E-state index >= 15 is 0 Å². The second-order valence-electron chi connectivity index (χ2n) is 2.53. The van der Waals surface area contributed by atoms with Crippen molar-refractivity contribution in [1.29, 1.82) is 0 Å². The van der Waals surface area contributed by atoms with Gasteiger partial charge in [0.1, 0.15) is 0 Å². The Morgan fingerprint density at radius 3 is 1.38 bits per heavy atom. The molecule has 50 valence electrons. The molecule has 0 aromatic carbocycles. The predicted octanol–water partition coefficient (Wildman–Crippen LogP) is 0.461. The molecule has 4 N–H and O–H groups in total. The van der Waals surface area contributed by atoms with E-state index in [9.17, 15) is 0 Å². The molecule has 0 aliphatic carbocycles. The molecule has 0 aliphatic heterocycles. The molecule has 0 saturated heterocycles. The van der Waals surface area contributed by atoms with E-state index in [1.807, 2.05) is 13.8 Å². The second-order valence-corrected chi connectivity index (χ2v) is 2.53. The van der Waals surface area contributed by atoms with Crippen LogP contribution >= 0.6 is 0 Å². The zero-order valence-corrected chi connectivity index (χ0v) is 5.72. The molecule has 0 heterocycles. The molecule has 0 fully saturated rings. The zero-order valence-electron chi connectivity index (χ0n) is 5.72. The average Bonchev–Trinajstić information content (AvgIpc) is 1.61. The van der Waals surface area contributed by atoms with Crippen molar-refractivity contribution < 1.29 is 0 Å². The van der Waals surface area contributed by atoms with Crippen LogP contribution in [-0.4, -0.2) is 12.1 Å². The van der Waals surface area contributed by atoms with Gasteiger partial charge in [0.05, 0.1) is 0 Å². The molecule has 2 unspecified atom stereocenters. The van der Waals surface area contributed by atoms with E-state index in [0.717, 1.165) is 12.8 Å². The third-order valence-corrected chi connectivity index (χ3v) is 1.08. The summed E-state index contributed by atoms with van der Waals surface area (Å²) in [5, 5.41) is 0. The van der Waals surface area contributed by atoms with Gasteiger partial charge in [-0.2, -0.15) is 0 Å². The van der Waals surface area contributed by atoms with E-state index in [1.165, 1.54) is 0 Å². The molecule has 2 atom stereocenters. The van der Waals surface area contributed by atoms with Gasteiger partial charge < -0.3 is 11.5 Å². The van der Waals surface area contributed by atoms with Gasteiger partial charge in [0.25, 0.3) is 0 Å². The summed E-state index contributed by atoms with van der Waals surface area (Å²) in [6.45, 7) is 4.00. The summed E-state index contributed by atoms with van der Waals surface area (Å²) >= 11 is 0. The first-order valence-corrected chi connectivity index (χ1v) is 3.14. The van der Waals surface area contributed by atoms with E-state index in [-0.39, 0.29) is 0 Å². The predicted molar refractivity (Wildman–Crippen MR) is 36.5 cm³/mol. The Hall–Kier alpha value is -0.0800. The molecular weight excluding hydrogens is 100 g/mol. The first kappa shape index (κ1) is 7.92. The van der Waals surface area contributed by atoms with Gasteiger partial charge in [-0.25, -0.2) is 0 Å². The summed E-state index contributed by atoms with van der Waals surface area (Å²) in [6.07, 6.45) is 2.08. The lowest BCUT2D eigenvalue weighted by atomic mass is 10.1. The minimum Gasteiger partial charge on any atom is -0.328 e. The van der Waals surface area contributed by atoms with Crippen LogP contribution in [0.1, 0.15) is 26.7 Å². The standard InChI is InChI=1S/C6H16N2/c1-5(7)3-4-6(2)8/h5-6H,3-4,7-8H2,1-2H3. The summed E-state index contributed by atoms with van der Waals surface area (Å²) < 4.78 is 0. The zero-order chi connectivity index (χ0) is 6.57. The van der Waals surface area contributed by atoms with E-state index in [0.29, 0.717) is 12.1 Å². The second kappa shape index (κ2) is 3.87. The third kappa shape index (κ3) is 5.92. The van der Waals surface area contributed by atoms with E-state index in [2.05, 4.69) is 0 Å². The molecular formula is C6H16N2. The maximum Gasteiger partial charge on any atom is 0.00110 e. The Morgan fingerprint density at radius 1 is 1.00 bits per heavy atom. The Labute approximate surface area is 51.2 Å². The highest BCUT2D eigenvalue weighted by Crippen LogP contribution is 1.95. The largest absolute Gasteiger partial charge is 0.328 e.